The van der Waals surface area contributed by atoms with E-state index in [0.29, 0.717) is 30.6 Å². The van der Waals surface area contributed by atoms with Crippen LogP contribution in [0.25, 0.3) is 0 Å². The van der Waals surface area contributed by atoms with Crippen molar-refractivity contribution in [2.75, 3.05) is 45.3 Å². The van der Waals surface area contributed by atoms with Gasteiger partial charge < -0.3 is 19.5 Å². The van der Waals surface area contributed by atoms with Crippen LogP contribution < -0.4 is 14.4 Å². The number of fused-ring (bicyclic) bond motifs is 2. The fourth-order valence-corrected chi connectivity index (χ4v) is 5.10. The SMILES string of the molecule is CCOc1ncc(C2(O)C3CCCC2CN(Cc2cnc(N(C)C)nc2)C3)c(OCC)n1. The van der Waals surface area contributed by atoms with Crippen LogP contribution in [0.1, 0.15) is 44.2 Å². The van der Waals surface area contributed by atoms with Gasteiger partial charge in [0.15, 0.2) is 0 Å². The molecule has 0 amide bonds. The summed E-state index contributed by atoms with van der Waals surface area (Å²) in [6.07, 6.45) is 8.53. The molecule has 2 atom stereocenters. The Labute approximate surface area is 189 Å². The zero-order chi connectivity index (χ0) is 22.7. The molecule has 32 heavy (non-hydrogen) atoms. The predicted octanol–water partition coefficient (Wildman–Crippen LogP) is 2.25. The van der Waals surface area contributed by atoms with E-state index in [1.54, 1.807) is 6.20 Å². The van der Waals surface area contributed by atoms with Crippen molar-refractivity contribution in [3.8, 4) is 11.9 Å². The van der Waals surface area contributed by atoms with Gasteiger partial charge in [-0.1, -0.05) is 6.42 Å². The normalized spacial score (nSPS) is 25.4. The van der Waals surface area contributed by atoms with E-state index in [9.17, 15) is 5.11 Å². The molecule has 174 valence electrons. The summed E-state index contributed by atoms with van der Waals surface area (Å²) in [6, 6.07) is 0.284. The number of hydrogen-bond donors (Lipinski definition) is 1. The molecule has 1 aliphatic heterocycles. The standard InChI is InChI=1S/C23H34N6O3/c1-5-31-20-19(12-26-22(27-20)32-6-2)23(30)17-8-7-9-18(23)15-29(14-17)13-16-10-24-21(25-11-16)28(3)4/h10-12,17-18,30H,5-9,13-15H2,1-4H3. The number of aromatic nitrogens is 4. The van der Waals surface area contributed by atoms with Crippen molar-refractivity contribution < 1.29 is 14.6 Å². The van der Waals surface area contributed by atoms with Gasteiger partial charge in [0.25, 0.3) is 0 Å². The van der Waals surface area contributed by atoms with Crippen LogP contribution in [0.15, 0.2) is 18.6 Å². The zero-order valence-corrected chi connectivity index (χ0v) is 19.5. The average molecular weight is 443 g/mol. The third kappa shape index (κ3) is 4.36. The Hall–Kier alpha value is -2.52. The maximum Gasteiger partial charge on any atom is 0.319 e. The van der Waals surface area contributed by atoms with Crippen LogP contribution in [0.5, 0.6) is 11.9 Å². The number of hydrogen-bond acceptors (Lipinski definition) is 9. The molecule has 9 nitrogen and oxygen atoms in total. The molecule has 9 heteroatoms. The molecule has 2 aromatic rings. The summed E-state index contributed by atoms with van der Waals surface area (Å²) in [5.74, 6) is 1.31. The van der Waals surface area contributed by atoms with Crippen molar-refractivity contribution in [1.82, 2.24) is 24.8 Å². The molecule has 3 heterocycles. The first-order valence-corrected chi connectivity index (χ1v) is 11.5. The van der Waals surface area contributed by atoms with Crippen molar-refractivity contribution in [1.29, 1.82) is 0 Å². The maximum absolute atomic E-state index is 12.1. The molecular weight excluding hydrogens is 408 g/mol. The van der Waals surface area contributed by atoms with Gasteiger partial charge in [-0.2, -0.15) is 4.98 Å². The fraction of sp³-hybridized carbons (Fsp3) is 0.652. The maximum atomic E-state index is 12.1. The largest absolute Gasteiger partial charge is 0.478 e. The molecule has 2 aliphatic rings. The van der Waals surface area contributed by atoms with Crippen LogP contribution in [0.4, 0.5) is 5.95 Å². The van der Waals surface area contributed by atoms with Gasteiger partial charge in [-0.3, -0.25) is 4.90 Å². The second-order valence-corrected chi connectivity index (χ2v) is 8.87. The third-order valence-corrected chi connectivity index (χ3v) is 6.52. The topological polar surface area (TPSA) is 96.7 Å². The highest BCUT2D eigenvalue weighted by Crippen LogP contribution is 2.51. The smallest absolute Gasteiger partial charge is 0.319 e. The summed E-state index contributed by atoms with van der Waals surface area (Å²) in [5.41, 5.74) is 0.768. The monoisotopic (exact) mass is 442 g/mol. The molecule has 1 aliphatic carbocycles. The lowest BCUT2D eigenvalue weighted by Crippen LogP contribution is -2.58. The molecule has 1 N–H and O–H groups in total. The third-order valence-electron chi connectivity index (χ3n) is 6.52. The lowest BCUT2D eigenvalue weighted by Gasteiger charge is -2.53. The zero-order valence-electron chi connectivity index (χ0n) is 19.5. The molecule has 2 fully saturated rings. The number of aliphatic hydroxyl groups is 1. The number of likely N-dealkylation sites (tertiary alicyclic amines) is 1. The average Bonchev–Trinajstić information content (AvgIpc) is 2.75. The van der Waals surface area contributed by atoms with Gasteiger partial charge in [-0.25, -0.2) is 15.0 Å². The highest BCUT2D eigenvalue weighted by atomic mass is 16.5. The lowest BCUT2D eigenvalue weighted by atomic mass is 9.63. The summed E-state index contributed by atoms with van der Waals surface area (Å²) >= 11 is 0. The predicted molar refractivity (Wildman–Crippen MR) is 121 cm³/mol. The van der Waals surface area contributed by atoms with E-state index in [2.05, 4.69) is 24.8 Å². The summed E-state index contributed by atoms with van der Waals surface area (Å²) in [4.78, 5) is 22.0. The van der Waals surface area contributed by atoms with Crippen LogP contribution in [0.3, 0.4) is 0 Å². The molecule has 1 saturated heterocycles. The number of piperidine rings is 1. The summed E-state index contributed by atoms with van der Waals surface area (Å²) in [5, 5.41) is 12.1. The number of nitrogens with zero attached hydrogens (tertiary/aromatic N) is 6. The van der Waals surface area contributed by atoms with E-state index < -0.39 is 5.60 Å². The number of ether oxygens (including phenoxy) is 2. The van der Waals surface area contributed by atoms with Gasteiger partial charge in [-0.05, 0) is 26.7 Å². The van der Waals surface area contributed by atoms with E-state index in [-0.39, 0.29) is 17.8 Å². The molecular formula is C23H34N6O3. The Morgan fingerprint density at radius 2 is 1.69 bits per heavy atom. The Kier molecular flexibility index (Phi) is 6.76. The molecule has 0 radical (unpaired) electrons. The van der Waals surface area contributed by atoms with E-state index in [1.165, 1.54) is 0 Å². The molecule has 2 unspecified atom stereocenters. The molecule has 2 aromatic heterocycles. The first-order valence-electron chi connectivity index (χ1n) is 11.5. The first-order chi connectivity index (χ1) is 15.5. The molecule has 2 bridgehead atoms. The van der Waals surface area contributed by atoms with E-state index in [4.69, 9.17) is 9.47 Å². The molecule has 4 rings (SSSR count). The van der Waals surface area contributed by atoms with Crippen LogP contribution in [0.2, 0.25) is 0 Å². The van der Waals surface area contributed by atoms with Crippen LogP contribution in [0, 0.1) is 11.8 Å². The van der Waals surface area contributed by atoms with Crippen molar-refractivity contribution in [3.05, 3.63) is 29.7 Å². The Bertz CT molecular complexity index is 893. The van der Waals surface area contributed by atoms with E-state index >= 15 is 0 Å². The van der Waals surface area contributed by atoms with Crippen molar-refractivity contribution in [2.45, 2.75) is 45.3 Å². The number of rotatable bonds is 8. The second kappa shape index (κ2) is 9.54. The molecule has 0 spiro atoms. The van der Waals surface area contributed by atoms with Crippen molar-refractivity contribution in [2.24, 2.45) is 11.8 Å². The van der Waals surface area contributed by atoms with Crippen LogP contribution in [-0.2, 0) is 12.1 Å². The highest BCUT2D eigenvalue weighted by molar-refractivity contribution is 5.34. The van der Waals surface area contributed by atoms with Crippen molar-refractivity contribution >= 4 is 5.95 Å². The minimum atomic E-state index is -1.00. The highest BCUT2D eigenvalue weighted by Gasteiger charge is 2.53. The Morgan fingerprint density at radius 3 is 2.28 bits per heavy atom. The van der Waals surface area contributed by atoms with Gasteiger partial charge in [0.1, 0.15) is 5.60 Å². The minimum Gasteiger partial charge on any atom is -0.478 e. The van der Waals surface area contributed by atoms with Gasteiger partial charge in [-0.15, -0.1) is 0 Å². The first kappa shape index (κ1) is 22.7. The minimum absolute atomic E-state index is 0.0812. The Morgan fingerprint density at radius 1 is 1.03 bits per heavy atom. The van der Waals surface area contributed by atoms with Crippen LogP contribution in [-0.4, -0.2) is 70.3 Å². The fourth-order valence-electron chi connectivity index (χ4n) is 5.10. The van der Waals surface area contributed by atoms with Gasteiger partial charge in [0, 0.05) is 69.7 Å². The quantitative estimate of drug-likeness (QED) is 0.660. The van der Waals surface area contributed by atoms with E-state index in [0.717, 1.165) is 44.5 Å². The van der Waals surface area contributed by atoms with Gasteiger partial charge >= 0.3 is 6.01 Å². The lowest BCUT2D eigenvalue weighted by molar-refractivity contribution is -0.150. The van der Waals surface area contributed by atoms with Crippen molar-refractivity contribution in [3.63, 3.8) is 0 Å². The molecule has 0 aromatic carbocycles. The number of anilines is 1. The summed E-state index contributed by atoms with van der Waals surface area (Å²) in [6.45, 7) is 7.12. The second-order valence-electron chi connectivity index (χ2n) is 8.87. The van der Waals surface area contributed by atoms with E-state index in [1.807, 2.05) is 45.2 Å². The summed E-state index contributed by atoms with van der Waals surface area (Å²) in [7, 11) is 3.87. The summed E-state index contributed by atoms with van der Waals surface area (Å²) < 4.78 is 11.3. The van der Waals surface area contributed by atoms with Gasteiger partial charge in [0.2, 0.25) is 11.8 Å². The molecule has 1 saturated carbocycles. The Balaban J connectivity index is 1.57. The van der Waals surface area contributed by atoms with Gasteiger partial charge in [0.05, 0.1) is 18.8 Å². The van der Waals surface area contributed by atoms with Crippen LogP contribution >= 0.6 is 0 Å².